The predicted molar refractivity (Wildman–Crippen MR) is 82.9 cm³/mol. The summed E-state index contributed by atoms with van der Waals surface area (Å²) in [7, 11) is 0. The van der Waals surface area contributed by atoms with Crippen molar-refractivity contribution in [3.63, 3.8) is 0 Å². The van der Waals surface area contributed by atoms with Gasteiger partial charge in [-0.15, -0.1) is 0 Å². The van der Waals surface area contributed by atoms with Crippen LogP contribution in [0.4, 0.5) is 0 Å². The molecule has 0 spiro atoms. The molecule has 2 amide bonds. The number of hydrogen-bond donors (Lipinski definition) is 2. The molecular weight excluding hydrogens is 280 g/mol. The Hall–Kier alpha value is -2.63. The first kappa shape index (κ1) is 15.8. The molecule has 1 heterocycles. The highest BCUT2D eigenvalue weighted by Gasteiger charge is 2.12. The summed E-state index contributed by atoms with van der Waals surface area (Å²) in [6.07, 6.45) is 5.44. The summed E-state index contributed by atoms with van der Waals surface area (Å²) in [5, 5.41) is 5.35. The summed E-state index contributed by atoms with van der Waals surface area (Å²) in [5.74, 6) is -0.413. The number of nitrogens with zero attached hydrogens (tertiary/aromatic N) is 2. The molecule has 1 atom stereocenters. The summed E-state index contributed by atoms with van der Waals surface area (Å²) < 4.78 is 1.99. The topological polar surface area (TPSA) is 76.0 Å². The lowest BCUT2D eigenvalue weighted by Crippen LogP contribution is -2.43. The van der Waals surface area contributed by atoms with Crippen molar-refractivity contribution in [1.29, 1.82) is 0 Å². The van der Waals surface area contributed by atoms with Gasteiger partial charge in [0.25, 0.3) is 0 Å². The average molecular weight is 300 g/mol. The predicted octanol–water partition coefficient (Wildman–Crippen LogP) is 1.07. The number of imidazole rings is 1. The van der Waals surface area contributed by atoms with E-state index in [-0.39, 0.29) is 11.8 Å². The van der Waals surface area contributed by atoms with E-state index in [9.17, 15) is 9.59 Å². The smallest absolute Gasteiger partial charge is 0.242 e. The van der Waals surface area contributed by atoms with Crippen LogP contribution in [0.1, 0.15) is 25.0 Å². The maximum absolute atomic E-state index is 11.8. The maximum Gasteiger partial charge on any atom is 0.242 e. The number of rotatable bonds is 6. The van der Waals surface area contributed by atoms with Gasteiger partial charge in [0, 0.05) is 32.4 Å². The third-order valence-corrected chi connectivity index (χ3v) is 3.23. The van der Waals surface area contributed by atoms with Crippen LogP contribution in [-0.4, -0.2) is 27.4 Å². The summed E-state index contributed by atoms with van der Waals surface area (Å²) in [6.45, 7) is 4.26. The molecule has 0 aliphatic heterocycles. The van der Waals surface area contributed by atoms with E-state index in [1.807, 2.05) is 35.0 Å². The highest BCUT2D eigenvalue weighted by atomic mass is 16.2. The normalized spacial score (nSPS) is 11.7. The number of hydrogen-bond acceptors (Lipinski definition) is 3. The molecule has 22 heavy (non-hydrogen) atoms. The molecule has 1 aromatic heterocycles. The van der Waals surface area contributed by atoms with Gasteiger partial charge < -0.3 is 15.2 Å². The van der Waals surface area contributed by atoms with Crippen LogP contribution in [-0.2, 0) is 22.7 Å². The molecular formula is C16H20N4O2. The quantitative estimate of drug-likeness (QED) is 0.838. The van der Waals surface area contributed by atoms with Gasteiger partial charge in [-0.3, -0.25) is 9.59 Å². The minimum atomic E-state index is -0.530. The van der Waals surface area contributed by atoms with Crippen molar-refractivity contribution in [3.8, 4) is 0 Å². The van der Waals surface area contributed by atoms with Crippen molar-refractivity contribution in [2.24, 2.45) is 0 Å². The zero-order valence-corrected chi connectivity index (χ0v) is 12.7. The van der Waals surface area contributed by atoms with Gasteiger partial charge >= 0.3 is 0 Å². The highest BCUT2D eigenvalue weighted by molar-refractivity contribution is 5.86. The van der Waals surface area contributed by atoms with Crippen LogP contribution in [0, 0.1) is 0 Å². The van der Waals surface area contributed by atoms with E-state index >= 15 is 0 Å². The van der Waals surface area contributed by atoms with E-state index in [2.05, 4.69) is 15.6 Å². The molecule has 0 saturated heterocycles. The van der Waals surface area contributed by atoms with E-state index in [0.29, 0.717) is 6.54 Å². The molecule has 0 saturated carbocycles. The second-order valence-corrected chi connectivity index (χ2v) is 5.19. The van der Waals surface area contributed by atoms with Crippen molar-refractivity contribution in [1.82, 2.24) is 20.2 Å². The number of benzene rings is 1. The Morgan fingerprint density at radius 3 is 2.50 bits per heavy atom. The van der Waals surface area contributed by atoms with Gasteiger partial charge in [-0.05, 0) is 18.1 Å². The molecule has 116 valence electrons. The Balaban J connectivity index is 1.83. The Bertz CT molecular complexity index is 620. The van der Waals surface area contributed by atoms with Crippen LogP contribution in [0.3, 0.4) is 0 Å². The summed E-state index contributed by atoms with van der Waals surface area (Å²) in [5.41, 5.74) is 2.18. The minimum Gasteiger partial charge on any atom is -0.350 e. The van der Waals surface area contributed by atoms with Crippen LogP contribution < -0.4 is 10.6 Å². The number of aromatic nitrogens is 2. The van der Waals surface area contributed by atoms with Gasteiger partial charge in [0.2, 0.25) is 11.8 Å². The standard InChI is InChI=1S/C16H20N4O2/c1-12(19-13(2)21)16(22)18-9-14-3-5-15(6-4-14)10-20-8-7-17-11-20/h3-8,11-12H,9-10H2,1-2H3,(H,18,22)(H,19,21). The molecule has 0 fully saturated rings. The van der Waals surface area contributed by atoms with Gasteiger partial charge in [0.05, 0.1) is 6.33 Å². The fourth-order valence-electron chi connectivity index (χ4n) is 2.07. The van der Waals surface area contributed by atoms with Crippen LogP contribution in [0.5, 0.6) is 0 Å². The molecule has 2 rings (SSSR count). The zero-order chi connectivity index (χ0) is 15.9. The van der Waals surface area contributed by atoms with E-state index in [4.69, 9.17) is 0 Å². The molecule has 0 aliphatic carbocycles. The lowest BCUT2D eigenvalue weighted by molar-refractivity contribution is -0.127. The van der Waals surface area contributed by atoms with Crippen LogP contribution >= 0.6 is 0 Å². The van der Waals surface area contributed by atoms with Crippen molar-refractivity contribution in [3.05, 3.63) is 54.1 Å². The van der Waals surface area contributed by atoms with Gasteiger partial charge in [0.15, 0.2) is 0 Å². The molecule has 2 aromatic rings. The summed E-state index contributed by atoms with van der Waals surface area (Å²) in [4.78, 5) is 26.7. The molecule has 0 radical (unpaired) electrons. The second kappa shape index (κ2) is 7.40. The van der Waals surface area contributed by atoms with Gasteiger partial charge in [-0.2, -0.15) is 0 Å². The summed E-state index contributed by atoms with van der Waals surface area (Å²) >= 11 is 0. The average Bonchev–Trinajstić information content (AvgIpc) is 2.98. The second-order valence-electron chi connectivity index (χ2n) is 5.19. The van der Waals surface area contributed by atoms with Crippen LogP contribution in [0.25, 0.3) is 0 Å². The van der Waals surface area contributed by atoms with E-state index in [1.165, 1.54) is 12.5 Å². The molecule has 2 N–H and O–H groups in total. The third kappa shape index (κ3) is 4.73. The Kier molecular flexibility index (Phi) is 5.30. The third-order valence-electron chi connectivity index (χ3n) is 3.23. The monoisotopic (exact) mass is 300 g/mol. The first-order valence-corrected chi connectivity index (χ1v) is 7.13. The van der Waals surface area contributed by atoms with Crippen molar-refractivity contribution < 1.29 is 9.59 Å². The number of carbonyl (C=O) groups excluding carboxylic acids is 2. The van der Waals surface area contributed by atoms with Gasteiger partial charge in [-0.25, -0.2) is 4.98 Å². The molecule has 6 heteroatoms. The Morgan fingerprint density at radius 2 is 1.91 bits per heavy atom. The molecule has 1 unspecified atom stereocenters. The molecule has 0 aliphatic rings. The fraction of sp³-hybridized carbons (Fsp3) is 0.312. The number of carbonyl (C=O) groups is 2. The minimum absolute atomic E-state index is 0.197. The zero-order valence-electron chi connectivity index (χ0n) is 12.7. The highest BCUT2D eigenvalue weighted by Crippen LogP contribution is 2.06. The lowest BCUT2D eigenvalue weighted by atomic mass is 10.1. The van der Waals surface area contributed by atoms with Crippen molar-refractivity contribution in [2.75, 3.05) is 0 Å². The molecule has 0 bridgehead atoms. The molecule has 6 nitrogen and oxygen atoms in total. The summed E-state index contributed by atoms with van der Waals surface area (Å²) in [6, 6.07) is 7.49. The fourth-order valence-corrected chi connectivity index (χ4v) is 2.07. The maximum atomic E-state index is 11.8. The first-order chi connectivity index (χ1) is 10.5. The van der Waals surface area contributed by atoms with E-state index < -0.39 is 6.04 Å². The Labute approximate surface area is 129 Å². The SMILES string of the molecule is CC(=O)NC(C)C(=O)NCc1ccc(Cn2ccnc2)cc1. The van der Waals surface area contributed by atoms with Crippen LogP contribution in [0.15, 0.2) is 43.0 Å². The van der Waals surface area contributed by atoms with Crippen molar-refractivity contribution in [2.45, 2.75) is 33.0 Å². The lowest BCUT2D eigenvalue weighted by Gasteiger charge is -2.13. The Morgan fingerprint density at radius 1 is 1.23 bits per heavy atom. The number of nitrogens with one attached hydrogen (secondary N) is 2. The van der Waals surface area contributed by atoms with Gasteiger partial charge in [0.1, 0.15) is 6.04 Å². The first-order valence-electron chi connectivity index (χ1n) is 7.13. The van der Waals surface area contributed by atoms with Crippen LogP contribution in [0.2, 0.25) is 0 Å². The van der Waals surface area contributed by atoms with Gasteiger partial charge in [-0.1, -0.05) is 24.3 Å². The van der Waals surface area contributed by atoms with E-state index in [1.54, 1.807) is 19.4 Å². The van der Waals surface area contributed by atoms with Crippen molar-refractivity contribution >= 4 is 11.8 Å². The molecule has 1 aromatic carbocycles. The number of amides is 2. The van der Waals surface area contributed by atoms with E-state index in [0.717, 1.165) is 12.1 Å². The largest absolute Gasteiger partial charge is 0.350 e.